The number of carbonyl (C=O) groups is 1. The second-order valence-corrected chi connectivity index (χ2v) is 7.15. The van der Waals surface area contributed by atoms with Crippen LogP contribution in [0.5, 0.6) is 0 Å². The molecule has 140 valence electrons. The van der Waals surface area contributed by atoms with E-state index >= 15 is 0 Å². The number of amides is 1. The Balaban J connectivity index is 1.32. The molecule has 1 amide bonds. The molecule has 6 heteroatoms. The summed E-state index contributed by atoms with van der Waals surface area (Å²) in [6.07, 6.45) is -0.0368. The van der Waals surface area contributed by atoms with Crippen LogP contribution in [-0.2, 0) is 11.3 Å². The van der Waals surface area contributed by atoms with Gasteiger partial charge in [-0.15, -0.1) is 0 Å². The summed E-state index contributed by atoms with van der Waals surface area (Å²) in [6.45, 7) is 3.67. The van der Waals surface area contributed by atoms with Crippen molar-refractivity contribution in [3.63, 3.8) is 0 Å². The summed E-state index contributed by atoms with van der Waals surface area (Å²) in [5.41, 5.74) is 1.93. The lowest BCUT2D eigenvalue weighted by Gasteiger charge is -2.33. The van der Waals surface area contributed by atoms with E-state index in [9.17, 15) is 4.79 Å². The van der Waals surface area contributed by atoms with Crippen molar-refractivity contribution in [1.82, 2.24) is 10.2 Å². The Morgan fingerprint density at radius 3 is 2.89 bits per heavy atom. The summed E-state index contributed by atoms with van der Waals surface area (Å²) in [5, 5.41) is 4.34. The van der Waals surface area contributed by atoms with Crippen molar-refractivity contribution in [2.75, 3.05) is 26.2 Å². The quantitative estimate of drug-likeness (QED) is 0.728. The third-order valence-electron chi connectivity index (χ3n) is 4.66. The molecule has 1 aliphatic rings. The number of hydrogen-bond acceptors (Lipinski definition) is 4. The van der Waals surface area contributed by atoms with Crippen molar-refractivity contribution in [3.05, 3.63) is 70.9 Å². The van der Waals surface area contributed by atoms with Gasteiger partial charge in [-0.1, -0.05) is 41.9 Å². The Morgan fingerprint density at radius 1 is 1.19 bits per heavy atom. The minimum atomic E-state index is -0.244. The van der Waals surface area contributed by atoms with Gasteiger partial charge in [0.05, 0.1) is 12.7 Å². The first-order valence-corrected chi connectivity index (χ1v) is 9.40. The third kappa shape index (κ3) is 4.50. The summed E-state index contributed by atoms with van der Waals surface area (Å²) in [7, 11) is 0. The first kappa shape index (κ1) is 18.0. The van der Waals surface area contributed by atoms with Crippen molar-refractivity contribution in [3.8, 4) is 0 Å². The molecule has 1 aromatic heterocycles. The van der Waals surface area contributed by atoms with Crippen LogP contribution in [0.2, 0.25) is 5.02 Å². The lowest BCUT2D eigenvalue weighted by molar-refractivity contribution is -0.0293. The van der Waals surface area contributed by atoms with E-state index in [0.717, 1.165) is 25.0 Å². The molecule has 1 saturated heterocycles. The van der Waals surface area contributed by atoms with Crippen LogP contribution in [-0.4, -0.2) is 43.2 Å². The Kier molecular flexibility index (Phi) is 5.43. The maximum atomic E-state index is 12.4. The van der Waals surface area contributed by atoms with Gasteiger partial charge in [-0.3, -0.25) is 9.69 Å². The number of rotatable bonds is 5. The van der Waals surface area contributed by atoms with Gasteiger partial charge in [0, 0.05) is 36.6 Å². The van der Waals surface area contributed by atoms with Crippen molar-refractivity contribution < 1.29 is 13.9 Å². The van der Waals surface area contributed by atoms with Gasteiger partial charge in [0.2, 0.25) is 0 Å². The summed E-state index contributed by atoms with van der Waals surface area (Å²) in [4.78, 5) is 14.8. The lowest BCUT2D eigenvalue weighted by atomic mass is 10.2. The highest BCUT2D eigenvalue weighted by Gasteiger charge is 2.22. The molecule has 2 heterocycles. The number of carbonyl (C=O) groups excluding carboxylic acids is 1. The lowest BCUT2D eigenvalue weighted by Crippen LogP contribution is -2.47. The van der Waals surface area contributed by atoms with Gasteiger partial charge in [-0.05, 0) is 29.8 Å². The van der Waals surface area contributed by atoms with Gasteiger partial charge in [-0.25, -0.2) is 0 Å². The topological polar surface area (TPSA) is 54.7 Å². The average Bonchev–Trinajstić information content (AvgIpc) is 3.10. The monoisotopic (exact) mass is 384 g/mol. The number of hydrogen-bond donors (Lipinski definition) is 1. The standard InChI is InChI=1S/C21H21ClN2O3/c22-17-6-7-19-16(10-17)11-20(27-19)21(25)23-12-18-14-24(8-9-26-18)13-15-4-2-1-3-5-15/h1-7,10-11,18H,8-9,12-14H2,(H,23,25). The Bertz CT molecular complexity index is 926. The normalized spacial score (nSPS) is 17.9. The van der Waals surface area contributed by atoms with Crippen molar-refractivity contribution in [2.45, 2.75) is 12.6 Å². The summed E-state index contributed by atoms with van der Waals surface area (Å²) >= 11 is 5.98. The van der Waals surface area contributed by atoms with Crippen LogP contribution in [0.3, 0.4) is 0 Å². The van der Waals surface area contributed by atoms with Crippen LogP contribution < -0.4 is 5.32 Å². The molecule has 3 aromatic rings. The van der Waals surface area contributed by atoms with Crippen LogP contribution in [0.25, 0.3) is 11.0 Å². The van der Waals surface area contributed by atoms with Crippen LogP contribution in [0.15, 0.2) is 59.0 Å². The van der Waals surface area contributed by atoms with Gasteiger partial charge in [-0.2, -0.15) is 0 Å². The number of nitrogens with zero attached hydrogens (tertiary/aromatic N) is 1. The molecule has 1 unspecified atom stereocenters. The molecule has 1 atom stereocenters. The Labute approximate surface area is 162 Å². The fourth-order valence-corrected chi connectivity index (χ4v) is 3.49. The zero-order valence-corrected chi connectivity index (χ0v) is 15.6. The average molecular weight is 385 g/mol. The maximum absolute atomic E-state index is 12.4. The molecule has 27 heavy (non-hydrogen) atoms. The van der Waals surface area contributed by atoms with E-state index in [2.05, 4.69) is 22.3 Å². The maximum Gasteiger partial charge on any atom is 0.287 e. The molecule has 0 saturated carbocycles. The zero-order chi connectivity index (χ0) is 18.6. The van der Waals surface area contributed by atoms with Crippen LogP contribution in [0, 0.1) is 0 Å². The van der Waals surface area contributed by atoms with Gasteiger partial charge in [0.15, 0.2) is 5.76 Å². The van der Waals surface area contributed by atoms with E-state index < -0.39 is 0 Å². The highest BCUT2D eigenvalue weighted by Crippen LogP contribution is 2.23. The highest BCUT2D eigenvalue weighted by atomic mass is 35.5. The fourth-order valence-electron chi connectivity index (χ4n) is 3.31. The van der Waals surface area contributed by atoms with E-state index in [1.807, 2.05) is 18.2 Å². The van der Waals surface area contributed by atoms with Crippen molar-refractivity contribution >= 4 is 28.5 Å². The molecule has 0 aliphatic carbocycles. The molecule has 5 nitrogen and oxygen atoms in total. The van der Waals surface area contributed by atoms with Gasteiger partial charge in [0.25, 0.3) is 5.91 Å². The number of ether oxygens (including phenoxy) is 1. The third-order valence-corrected chi connectivity index (χ3v) is 4.90. The van der Waals surface area contributed by atoms with E-state index in [1.54, 1.807) is 24.3 Å². The first-order chi connectivity index (χ1) is 13.2. The van der Waals surface area contributed by atoms with Gasteiger partial charge in [0.1, 0.15) is 5.58 Å². The minimum Gasteiger partial charge on any atom is -0.451 e. The number of furan rings is 1. The molecule has 4 rings (SSSR count). The van der Waals surface area contributed by atoms with Gasteiger partial charge >= 0.3 is 0 Å². The molecule has 0 bridgehead atoms. The predicted octanol–water partition coefficient (Wildman–Crippen LogP) is 3.72. The molecular weight excluding hydrogens is 364 g/mol. The van der Waals surface area contributed by atoms with E-state index in [4.69, 9.17) is 20.8 Å². The molecule has 2 aromatic carbocycles. The van der Waals surface area contributed by atoms with Gasteiger partial charge < -0.3 is 14.5 Å². The summed E-state index contributed by atoms with van der Waals surface area (Å²) in [6, 6.07) is 17.4. The van der Waals surface area contributed by atoms with E-state index in [1.165, 1.54) is 5.56 Å². The SMILES string of the molecule is O=C(NCC1CN(Cc2ccccc2)CCO1)c1cc2cc(Cl)ccc2o1. The summed E-state index contributed by atoms with van der Waals surface area (Å²) in [5.74, 6) is 0.0373. The molecule has 0 spiro atoms. The fraction of sp³-hybridized carbons (Fsp3) is 0.286. The number of fused-ring (bicyclic) bond motifs is 1. The number of halogens is 1. The minimum absolute atomic E-state index is 0.0368. The first-order valence-electron chi connectivity index (χ1n) is 9.02. The smallest absolute Gasteiger partial charge is 0.287 e. The summed E-state index contributed by atoms with van der Waals surface area (Å²) < 4.78 is 11.4. The second kappa shape index (κ2) is 8.13. The number of morpholine rings is 1. The van der Waals surface area contributed by atoms with Crippen LogP contribution in [0.4, 0.5) is 0 Å². The Hall–Kier alpha value is -2.34. The van der Waals surface area contributed by atoms with Crippen molar-refractivity contribution in [1.29, 1.82) is 0 Å². The highest BCUT2D eigenvalue weighted by molar-refractivity contribution is 6.31. The second-order valence-electron chi connectivity index (χ2n) is 6.72. The molecular formula is C21H21ClN2O3. The van der Waals surface area contributed by atoms with Crippen LogP contribution >= 0.6 is 11.6 Å². The largest absolute Gasteiger partial charge is 0.451 e. The van der Waals surface area contributed by atoms with Crippen molar-refractivity contribution in [2.24, 2.45) is 0 Å². The molecule has 1 N–H and O–H groups in total. The predicted molar refractivity (Wildman–Crippen MR) is 105 cm³/mol. The molecule has 1 fully saturated rings. The van der Waals surface area contributed by atoms with Crippen LogP contribution in [0.1, 0.15) is 16.1 Å². The van der Waals surface area contributed by atoms with E-state index in [-0.39, 0.29) is 17.8 Å². The number of benzene rings is 2. The molecule has 1 aliphatic heterocycles. The zero-order valence-electron chi connectivity index (χ0n) is 14.9. The molecule has 0 radical (unpaired) electrons. The Morgan fingerprint density at radius 2 is 2.04 bits per heavy atom. The van der Waals surface area contributed by atoms with E-state index in [0.29, 0.717) is 23.8 Å². The number of nitrogens with one attached hydrogen (secondary N) is 1.